The first-order valence-electron chi connectivity index (χ1n) is 4.23. The molecular formula is C10H8ClNO3. The van der Waals surface area contributed by atoms with Crippen molar-refractivity contribution >= 4 is 29.3 Å². The summed E-state index contributed by atoms with van der Waals surface area (Å²) >= 11 is 5.79. The molecule has 0 N–H and O–H groups in total. The van der Waals surface area contributed by atoms with Crippen molar-refractivity contribution in [3.05, 3.63) is 28.8 Å². The average Bonchev–Trinajstić information content (AvgIpc) is 2.21. The van der Waals surface area contributed by atoms with E-state index in [0.29, 0.717) is 5.69 Å². The maximum atomic E-state index is 11.4. The Morgan fingerprint density at radius 2 is 2.33 bits per heavy atom. The van der Waals surface area contributed by atoms with E-state index in [9.17, 15) is 9.59 Å². The van der Waals surface area contributed by atoms with E-state index in [1.54, 1.807) is 6.92 Å². The summed E-state index contributed by atoms with van der Waals surface area (Å²) in [6.45, 7) is 1.95. The van der Waals surface area contributed by atoms with Gasteiger partial charge in [-0.05, 0) is 25.1 Å². The number of halogens is 1. The van der Waals surface area contributed by atoms with Crippen molar-refractivity contribution < 1.29 is 14.3 Å². The van der Waals surface area contributed by atoms with Gasteiger partial charge in [-0.2, -0.15) is 4.99 Å². The van der Waals surface area contributed by atoms with Crippen LogP contribution in [0.25, 0.3) is 0 Å². The van der Waals surface area contributed by atoms with E-state index in [1.165, 1.54) is 24.3 Å². The largest absolute Gasteiger partial charge is 0.462 e. The number of hydrogen-bond donors (Lipinski definition) is 0. The Kier molecular flexibility index (Phi) is 4.03. The monoisotopic (exact) mass is 225 g/mol. The smallest absolute Gasteiger partial charge is 0.339 e. The summed E-state index contributed by atoms with van der Waals surface area (Å²) in [5.41, 5.74) is 0.507. The molecule has 0 saturated carbocycles. The molecule has 0 amide bonds. The van der Waals surface area contributed by atoms with Crippen LogP contribution in [0.15, 0.2) is 23.2 Å². The molecule has 0 aliphatic carbocycles. The molecule has 0 fully saturated rings. The van der Waals surface area contributed by atoms with Crippen LogP contribution in [0.3, 0.4) is 0 Å². The second kappa shape index (κ2) is 5.29. The summed E-state index contributed by atoms with van der Waals surface area (Å²) in [7, 11) is 0. The minimum atomic E-state index is -0.537. The lowest BCUT2D eigenvalue weighted by atomic mass is 10.2. The van der Waals surface area contributed by atoms with Crippen LogP contribution >= 0.6 is 11.6 Å². The fourth-order valence-corrected chi connectivity index (χ4v) is 1.20. The van der Waals surface area contributed by atoms with Crippen molar-refractivity contribution in [3.8, 4) is 0 Å². The third-order valence-corrected chi connectivity index (χ3v) is 1.95. The summed E-state index contributed by atoms with van der Waals surface area (Å²) < 4.78 is 4.78. The first-order valence-corrected chi connectivity index (χ1v) is 4.61. The highest BCUT2D eigenvalue weighted by atomic mass is 35.5. The lowest BCUT2D eigenvalue weighted by Gasteiger charge is -2.03. The highest BCUT2D eigenvalue weighted by Crippen LogP contribution is 2.22. The Balaban J connectivity index is 3.10. The molecule has 0 heterocycles. The molecule has 1 aromatic rings. The molecular weight excluding hydrogens is 218 g/mol. The number of esters is 1. The van der Waals surface area contributed by atoms with Crippen molar-refractivity contribution in [3.63, 3.8) is 0 Å². The molecule has 0 radical (unpaired) electrons. The lowest BCUT2D eigenvalue weighted by Crippen LogP contribution is -2.04. The third kappa shape index (κ3) is 2.91. The zero-order chi connectivity index (χ0) is 11.3. The summed E-state index contributed by atoms with van der Waals surface area (Å²) in [5.74, 6) is -0.537. The van der Waals surface area contributed by atoms with E-state index in [2.05, 4.69) is 4.99 Å². The normalized spacial score (nSPS) is 9.20. The molecule has 78 valence electrons. The zero-order valence-electron chi connectivity index (χ0n) is 7.99. The summed E-state index contributed by atoms with van der Waals surface area (Å²) in [5, 5.41) is 0.262. The predicted octanol–water partition coefficient (Wildman–Crippen LogP) is 2.48. The van der Waals surface area contributed by atoms with Crippen molar-refractivity contribution in [1.82, 2.24) is 0 Å². The van der Waals surface area contributed by atoms with E-state index in [4.69, 9.17) is 16.3 Å². The van der Waals surface area contributed by atoms with Crippen molar-refractivity contribution in [1.29, 1.82) is 0 Å². The van der Waals surface area contributed by atoms with Gasteiger partial charge in [-0.25, -0.2) is 9.59 Å². The Morgan fingerprint density at radius 3 is 2.93 bits per heavy atom. The average molecular weight is 226 g/mol. The second-order valence-electron chi connectivity index (χ2n) is 2.59. The van der Waals surface area contributed by atoms with Gasteiger partial charge in [0.25, 0.3) is 0 Å². The number of rotatable bonds is 3. The Bertz CT molecular complexity index is 425. The number of aliphatic imine (C=N–C) groups is 1. The first-order chi connectivity index (χ1) is 7.19. The SMILES string of the molecule is CCOC(=O)c1cc(N=C=O)ccc1Cl. The van der Waals surface area contributed by atoms with Gasteiger partial charge in [-0.1, -0.05) is 11.6 Å². The van der Waals surface area contributed by atoms with Crippen LogP contribution in [0.1, 0.15) is 17.3 Å². The number of hydrogen-bond acceptors (Lipinski definition) is 4. The van der Waals surface area contributed by atoms with E-state index in [-0.39, 0.29) is 17.2 Å². The maximum absolute atomic E-state index is 11.4. The van der Waals surface area contributed by atoms with E-state index < -0.39 is 5.97 Å². The van der Waals surface area contributed by atoms with Crippen LogP contribution in [0.5, 0.6) is 0 Å². The van der Waals surface area contributed by atoms with Gasteiger partial charge in [0.05, 0.1) is 22.9 Å². The van der Waals surface area contributed by atoms with Crippen LogP contribution in [-0.2, 0) is 9.53 Å². The topological polar surface area (TPSA) is 55.7 Å². The van der Waals surface area contributed by atoms with Gasteiger partial charge >= 0.3 is 5.97 Å². The van der Waals surface area contributed by atoms with Gasteiger partial charge in [0, 0.05) is 0 Å². The van der Waals surface area contributed by atoms with E-state index in [1.807, 2.05) is 0 Å². The molecule has 0 aromatic heterocycles. The number of carbonyl (C=O) groups is 1. The van der Waals surface area contributed by atoms with Gasteiger partial charge in [0.15, 0.2) is 0 Å². The zero-order valence-corrected chi connectivity index (χ0v) is 8.75. The molecule has 0 aliphatic heterocycles. The van der Waals surface area contributed by atoms with Crippen LogP contribution in [0.2, 0.25) is 5.02 Å². The van der Waals surface area contributed by atoms with E-state index in [0.717, 1.165) is 0 Å². The molecule has 0 unspecified atom stereocenters. The molecule has 0 atom stereocenters. The molecule has 1 rings (SSSR count). The highest BCUT2D eigenvalue weighted by molar-refractivity contribution is 6.33. The van der Waals surface area contributed by atoms with Crippen molar-refractivity contribution in [2.45, 2.75) is 6.92 Å². The second-order valence-corrected chi connectivity index (χ2v) is 2.99. The fraction of sp³-hybridized carbons (Fsp3) is 0.200. The molecule has 0 spiro atoms. The van der Waals surface area contributed by atoms with E-state index >= 15 is 0 Å². The standard InChI is InChI=1S/C10H8ClNO3/c1-2-15-10(14)8-5-7(12-6-13)3-4-9(8)11/h3-5H,2H2,1H3. The van der Waals surface area contributed by atoms with Crippen molar-refractivity contribution in [2.75, 3.05) is 6.61 Å². The molecule has 0 aliphatic rings. The Morgan fingerprint density at radius 1 is 1.60 bits per heavy atom. The number of nitrogens with zero attached hydrogens (tertiary/aromatic N) is 1. The van der Waals surface area contributed by atoms with Gasteiger partial charge in [-0.3, -0.25) is 0 Å². The molecule has 4 nitrogen and oxygen atoms in total. The third-order valence-electron chi connectivity index (χ3n) is 1.62. The number of isocyanates is 1. The minimum absolute atomic E-state index is 0.190. The molecule has 0 bridgehead atoms. The van der Waals surface area contributed by atoms with Gasteiger partial charge < -0.3 is 4.74 Å². The maximum Gasteiger partial charge on any atom is 0.339 e. The van der Waals surface area contributed by atoms with Crippen molar-refractivity contribution in [2.24, 2.45) is 4.99 Å². The predicted molar refractivity (Wildman–Crippen MR) is 55.2 cm³/mol. The number of ether oxygens (including phenoxy) is 1. The molecule has 1 aromatic carbocycles. The fourth-order valence-electron chi connectivity index (χ4n) is 1.00. The Labute approximate surface area is 91.5 Å². The summed E-state index contributed by atoms with van der Waals surface area (Å²) in [6, 6.07) is 4.37. The first kappa shape index (κ1) is 11.4. The number of carbonyl (C=O) groups excluding carboxylic acids is 2. The number of benzene rings is 1. The van der Waals surface area contributed by atoms with Gasteiger partial charge in [-0.15, -0.1) is 0 Å². The molecule has 0 saturated heterocycles. The van der Waals surface area contributed by atoms with Crippen LogP contribution in [0, 0.1) is 0 Å². The van der Waals surface area contributed by atoms with Crippen LogP contribution < -0.4 is 0 Å². The summed E-state index contributed by atoms with van der Waals surface area (Å²) in [6.07, 6.45) is 1.38. The molecule has 5 heteroatoms. The molecule has 15 heavy (non-hydrogen) atoms. The highest BCUT2D eigenvalue weighted by Gasteiger charge is 2.11. The Hall–Kier alpha value is -1.64. The van der Waals surface area contributed by atoms with Gasteiger partial charge in [0.2, 0.25) is 6.08 Å². The van der Waals surface area contributed by atoms with Gasteiger partial charge in [0.1, 0.15) is 0 Å². The lowest BCUT2D eigenvalue weighted by molar-refractivity contribution is 0.0526. The van der Waals surface area contributed by atoms with Crippen LogP contribution in [0.4, 0.5) is 5.69 Å². The quantitative estimate of drug-likeness (QED) is 0.451. The summed E-state index contributed by atoms with van der Waals surface area (Å²) in [4.78, 5) is 24.8. The van der Waals surface area contributed by atoms with Crippen LogP contribution in [-0.4, -0.2) is 18.7 Å². The minimum Gasteiger partial charge on any atom is -0.462 e.